The van der Waals surface area contributed by atoms with Gasteiger partial charge in [0, 0.05) is 32.7 Å². The summed E-state index contributed by atoms with van der Waals surface area (Å²) in [7, 11) is 0. The van der Waals surface area contributed by atoms with E-state index in [2.05, 4.69) is 0 Å². The fourth-order valence-corrected chi connectivity index (χ4v) is 4.39. The topological polar surface area (TPSA) is 57.2 Å². The molecule has 136 valence electrons. The fourth-order valence-electron chi connectivity index (χ4n) is 2.75. The maximum atomic E-state index is 12.8. The number of thioether (sulfide) groups is 1. The lowest BCUT2D eigenvalue weighted by atomic mass is 10.0. The van der Waals surface area contributed by atoms with Gasteiger partial charge in [-0.25, -0.2) is 0 Å². The standard InChI is InChI=1S/C22H17ClO3S/c23-18-12-6-4-10-16(18)21(14-19(24)15-8-2-1-3-9-15)27-20-13-7-5-11-17(20)22(25)26/h1-13,21H,14H2,(H,25,26)/p-1/t21-/m1/s1. The van der Waals surface area contributed by atoms with Gasteiger partial charge >= 0.3 is 0 Å². The van der Waals surface area contributed by atoms with Crippen LogP contribution in [0.2, 0.25) is 5.02 Å². The third-order valence-electron chi connectivity index (χ3n) is 4.09. The van der Waals surface area contributed by atoms with E-state index in [4.69, 9.17) is 11.6 Å². The molecule has 3 rings (SSSR count). The molecule has 0 aliphatic rings. The van der Waals surface area contributed by atoms with Crippen LogP contribution in [0.1, 0.15) is 38.0 Å². The summed E-state index contributed by atoms with van der Waals surface area (Å²) in [6.45, 7) is 0. The first-order chi connectivity index (χ1) is 13.1. The molecule has 0 saturated heterocycles. The van der Waals surface area contributed by atoms with Crippen LogP contribution in [0.5, 0.6) is 0 Å². The molecular formula is C22H16ClO3S-. The number of Topliss-reactive ketones (excluding diaryl/α,β-unsaturated/α-hetero) is 1. The number of carboxylic acids is 1. The van der Waals surface area contributed by atoms with Crippen LogP contribution in [0.25, 0.3) is 0 Å². The fraction of sp³-hybridized carbons (Fsp3) is 0.0909. The second-order valence-corrected chi connectivity index (χ2v) is 7.56. The van der Waals surface area contributed by atoms with E-state index in [9.17, 15) is 14.7 Å². The SMILES string of the molecule is O=C(C[C@@H](Sc1ccccc1C(=O)[O-])c1ccccc1Cl)c1ccccc1. The molecule has 0 unspecified atom stereocenters. The minimum atomic E-state index is -1.25. The van der Waals surface area contributed by atoms with Gasteiger partial charge in [0.15, 0.2) is 5.78 Å². The number of carboxylic acid groups (broad SMARTS) is 1. The van der Waals surface area contributed by atoms with Crippen molar-refractivity contribution in [3.63, 3.8) is 0 Å². The first-order valence-corrected chi connectivity index (χ1v) is 9.61. The summed E-state index contributed by atoms with van der Waals surface area (Å²) in [5.41, 5.74) is 1.51. The number of aromatic carboxylic acids is 1. The van der Waals surface area contributed by atoms with Crippen molar-refractivity contribution in [3.8, 4) is 0 Å². The molecule has 5 heteroatoms. The molecule has 0 N–H and O–H groups in total. The number of carbonyl (C=O) groups is 2. The lowest BCUT2D eigenvalue weighted by Gasteiger charge is -2.20. The molecule has 1 atom stereocenters. The van der Waals surface area contributed by atoms with E-state index in [-0.39, 0.29) is 23.0 Å². The predicted octanol–water partition coefficient (Wildman–Crippen LogP) is 4.81. The lowest BCUT2D eigenvalue weighted by molar-refractivity contribution is -0.255. The van der Waals surface area contributed by atoms with Crippen molar-refractivity contribution in [3.05, 3.63) is 101 Å². The van der Waals surface area contributed by atoms with Crippen molar-refractivity contribution >= 4 is 35.1 Å². The predicted molar refractivity (Wildman–Crippen MR) is 106 cm³/mol. The third kappa shape index (κ3) is 4.79. The zero-order valence-corrected chi connectivity index (χ0v) is 15.9. The molecule has 0 aliphatic carbocycles. The Bertz CT molecular complexity index is 957. The second-order valence-electron chi connectivity index (χ2n) is 5.90. The zero-order valence-electron chi connectivity index (χ0n) is 14.3. The van der Waals surface area contributed by atoms with Gasteiger partial charge in [-0.15, -0.1) is 11.8 Å². The molecule has 27 heavy (non-hydrogen) atoms. The molecule has 3 nitrogen and oxygen atoms in total. The minimum Gasteiger partial charge on any atom is -0.545 e. The normalized spacial score (nSPS) is 11.7. The molecule has 0 aromatic heterocycles. The molecule has 0 spiro atoms. The van der Waals surface area contributed by atoms with Gasteiger partial charge < -0.3 is 9.90 Å². The van der Waals surface area contributed by atoms with Crippen molar-refractivity contribution in [2.75, 3.05) is 0 Å². The zero-order chi connectivity index (χ0) is 19.2. The van der Waals surface area contributed by atoms with Crippen molar-refractivity contribution in [2.45, 2.75) is 16.6 Å². The van der Waals surface area contributed by atoms with Crippen LogP contribution in [0.15, 0.2) is 83.8 Å². The maximum Gasteiger partial charge on any atom is 0.164 e. The molecule has 3 aromatic rings. The van der Waals surface area contributed by atoms with Gasteiger partial charge in [0.25, 0.3) is 0 Å². The summed E-state index contributed by atoms with van der Waals surface area (Å²) in [5.74, 6) is -1.27. The molecular weight excluding hydrogens is 380 g/mol. The maximum absolute atomic E-state index is 12.8. The van der Waals surface area contributed by atoms with Gasteiger partial charge in [0.1, 0.15) is 0 Å². The summed E-state index contributed by atoms with van der Waals surface area (Å²) in [6.07, 6.45) is 0.194. The van der Waals surface area contributed by atoms with Crippen LogP contribution >= 0.6 is 23.4 Å². The highest BCUT2D eigenvalue weighted by Crippen LogP contribution is 2.42. The number of benzene rings is 3. The number of halogens is 1. The largest absolute Gasteiger partial charge is 0.545 e. The van der Waals surface area contributed by atoms with Crippen LogP contribution in [-0.2, 0) is 0 Å². The van der Waals surface area contributed by atoms with E-state index in [1.807, 2.05) is 36.4 Å². The number of hydrogen-bond acceptors (Lipinski definition) is 4. The van der Waals surface area contributed by atoms with Gasteiger partial charge in [-0.05, 0) is 17.7 Å². The summed E-state index contributed by atoms with van der Waals surface area (Å²) in [5, 5.41) is 11.6. The highest BCUT2D eigenvalue weighted by molar-refractivity contribution is 7.99. The number of ketones is 1. The Hall–Kier alpha value is -2.56. The Morgan fingerprint density at radius 3 is 2.22 bits per heavy atom. The van der Waals surface area contributed by atoms with E-state index in [0.29, 0.717) is 15.5 Å². The monoisotopic (exact) mass is 395 g/mol. The number of rotatable bonds is 7. The molecule has 0 amide bonds. The number of carbonyl (C=O) groups excluding carboxylic acids is 2. The second kappa shape index (κ2) is 8.89. The summed E-state index contributed by atoms with van der Waals surface area (Å²) < 4.78 is 0. The van der Waals surface area contributed by atoms with Crippen LogP contribution in [-0.4, -0.2) is 11.8 Å². The van der Waals surface area contributed by atoms with Crippen molar-refractivity contribution in [1.29, 1.82) is 0 Å². The highest BCUT2D eigenvalue weighted by Gasteiger charge is 2.22. The molecule has 0 bridgehead atoms. The van der Waals surface area contributed by atoms with Crippen LogP contribution in [0, 0.1) is 0 Å². The summed E-state index contributed by atoms with van der Waals surface area (Å²) in [4.78, 5) is 24.7. The van der Waals surface area contributed by atoms with E-state index in [1.54, 1.807) is 36.4 Å². The van der Waals surface area contributed by atoms with Gasteiger partial charge in [0.05, 0.1) is 5.97 Å². The van der Waals surface area contributed by atoms with Gasteiger partial charge in [-0.1, -0.05) is 78.3 Å². The van der Waals surface area contributed by atoms with E-state index in [1.165, 1.54) is 17.8 Å². The Morgan fingerprint density at radius 2 is 1.52 bits per heavy atom. The molecule has 0 fully saturated rings. The van der Waals surface area contributed by atoms with Crippen LogP contribution in [0.4, 0.5) is 0 Å². The van der Waals surface area contributed by atoms with E-state index in [0.717, 1.165) is 5.56 Å². The Kier molecular flexibility index (Phi) is 6.32. The summed E-state index contributed by atoms with van der Waals surface area (Å²) in [6, 6.07) is 23.0. The van der Waals surface area contributed by atoms with Gasteiger partial charge in [-0.3, -0.25) is 4.79 Å². The molecule has 3 aromatic carbocycles. The summed E-state index contributed by atoms with van der Waals surface area (Å²) >= 11 is 7.67. The Labute approximate surface area is 167 Å². The number of hydrogen-bond donors (Lipinski definition) is 0. The molecule has 0 aliphatic heterocycles. The van der Waals surface area contributed by atoms with E-state index >= 15 is 0 Å². The van der Waals surface area contributed by atoms with Crippen molar-refractivity contribution in [2.24, 2.45) is 0 Å². The Balaban J connectivity index is 1.95. The highest BCUT2D eigenvalue weighted by atomic mass is 35.5. The van der Waals surface area contributed by atoms with Crippen molar-refractivity contribution < 1.29 is 14.7 Å². The molecule has 0 radical (unpaired) electrons. The third-order valence-corrected chi connectivity index (χ3v) is 5.75. The van der Waals surface area contributed by atoms with Crippen LogP contribution < -0.4 is 5.11 Å². The average molecular weight is 396 g/mol. The molecule has 0 heterocycles. The quantitative estimate of drug-likeness (QED) is 0.425. The Morgan fingerprint density at radius 1 is 0.889 bits per heavy atom. The van der Waals surface area contributed by atoms with Gasteiger partial charge in [-0.2, -0.15) is 0 Å². The van der Waals surface area contributed by atoms with Crippen LogP contribution in [0.3, 0.4) is 0 Å². The molecule has 0 saturated carbocycles. The first-order valence-electron chi connectivity index (χ1n) is 8.36. The van der Waals surface area contributed by atoms with E-state index < -0.39 is 5.97 Å². The lowest BCUT2D eigenvalue weighted by Crippen LogP contribution is -2.23. The van der Waals surface area contributed by atoms with Crippen molar-refractivity contribution in [1.82, 2.24) is 0 Å². The first kappa shape index (κ1) is 19.2. The smallest absolute Gasteiger partial charge is 0.164 e. The minimum absolute atomic E-state index is 0.0287. The van der Waals surface area contributed by atoms with Gasteiger partial charge in [0.2, 0.25) is 0 Å². The average Bonchev–Trinajstić information content (AvgIpc) is 2.69.